The fourth-order valence-corrected chi connectivity index (χ4v) is 0.975. The van der Waals surface area contributed by atoms with Crippen LogP contribution in [0.2, 0.25) is 0 Å². The Morgan fingerprint density at radius 3 is 2.60 bits per heavy atom. The molecule has 1 heterocycles. The Balaban J connectivity index is 3.21. The first-order valence-corrected chi connectivity index (χ1v) is 3.96. The number of aromatic nitrogens is 2. The number of methoxy groups -OCH3 is 1. The number of nitrogens with zero attached hydrogens (tertiary/aromatic N) is 2. The molecular weight excluding hydrogens is 202 g/mol. The van der Waals surface area contributed by atoms with Crippen LogP contribution in [0.1, 0.15) is 17.4 Å². The van der Waals surface area contributed by atoms with Gasteiger partial charge in [0.1, 0.15) is 6.33 Å². The van der Waals surface area contributed by atoms with Gasteiger partial charge in [-0.3, -0.25) is 4.79 Å². The van der Waals surface area contributed by atoms with E-state index in [-0.39, 0.29) is 23.2 Å². The van der Waals surface area contributed by atoms with Gasteiger partial charge < -0.3 is 15.2 Å². The molecule has 0 unspecified atom stereocenters. The zero-order valence-electron chi connectivity index (χ0n) is 8.14. The third-order valence-electron chi connectivity index (χ3n) is 1.50. The summed E-state index contributed by atoms with van der Waals surface area (Å²) in [5.74, 6) is -1.65. The molecule has 0 aliphatic carbocycles. The van der Waals surface area contributed by atoms with E-state index in [0.29, 0.717) is 0 Å². The molecule has 7 nitrogen and oxygen atoms in total. The highest BCUT2D eigenvalue weighted by Gasteiger charge is 2.18. The molecule has 1 aromatic rings. The highest BCUT2D eigenvalue weighted by atomic mass is 16.5. The number of hydrogen-bond acceptors (Lipinski definition) is 5. The number of hydrogen-bond donors (Lipinski definition) is 2. The highest BCUT2D eigenvalue weighted by molar-refractivity contribution is 5.94. The van der Waals surface area contributed by atoms with Gasteiger partial charge in [-0.1, -0.05) is 0 Å². The summed E-state index contributed by atoms with van der Waals surface area (Å²) in [6.45, 7) is 1.28. The van der Waals surface area contributed by atoms with E-state index in [0.717, 1.165) is 6.33 Å². The lowest BCUT2D eigenvalue weighted by Gasteiger charge is -2.08. The first-order valence-electron chi connectivity index (χ1n) is 3.96. The second-order valence-electron chi connectivity index (χ2n) is 2.59. The van der Waals surface area contributed by atoms with Gasteiger partial charge in [0, 0.05) is 6.92 Å². The molecule has 0 bridgehead atoms. The van der Waals surface area contributed by atoms with Crippen molar-refractivity contribution >= 4 is 17.7 Å². The third-order valence-corrected chi connectivity index (χ3v) is 1.50. The Morgan fingerprint density at radius 2 is 2.13 bits per heavy atom. The van der Waals surface area contributed by atoms with Crippen molar-refractivity contribution in [1.29, 1.82) is 0 Å². The summed E-state index contributed by atoms with van der Waals surface area (Å²) < 4.78 is 4.82. The smallest absolute Gasteiger partial charge is 0.358 e. The van der Waals surface area contributed by atoms with Crippen LogP contribution in [0, 0.1) is 0 Å². The van der Waals surface area contributed by atoms with Gasteiger partial charge in [0.25, 0.3) is 0 Å². The average Bonchev–Trinajstić information content (AvgIpc) is 2.16. The maximum atomic E-state index is 10.8. The van der Waals surface area contributed by atoms with Crippen molar-refractivity contribution in [2.24, 2.45) is 0 Å². The minimum Gasteiger partial charge on any atom is -0.491 e. The summed E-state index contributed by atoms with van der Waals surface area (Å²) in [5.41, 5.74) is -0.295. The number of amides is 1. The summed E-state index contributed by atoms with van der Waals surface area (Å²) in [7, 11) is 1.27. The van der Waals surface area contributed by atoms with Crippen molar-refractivity contribution < 1.29 is 19.4 Å². The monoisotopic (exact) mass is 211 g/mol. The molecular formula is C8H9N3O4. The molecule has 0 radical (unpaired) electrons. The van der Waals surface area contributed by atoms with E-state index >= 15 is 0 Å². The van der Waals surface area contributed by atoms with E-state index in [1.54, 1.807) is 0 Å². The summed E-state index contributed by atoms with van der Waals surface area (Å²) >= 11 is 0. The molecule has 80 valence electrons. The Bertz CT molecular complexity index is 405. The number of ether oxygens (including phenoxy) is 1. The molecule has 0 aliphatic heterocycles. The number of carbonyl (C=O) groups is 2. The molecule has 2 N–H and O–H groups in total. The van der Waals surface area contributed by atoms with Crippen LogP contribution in [0.5, 0.6) is 5.75 Å². The lowest BCUT2D eigenvalue weighted by molar-refractivity contribution is -0.114. The van der Waals surface area contributed by atoms with Crippen LogP contribution in [0.4, 0.5) is 5.82 Å². The van der Waals surface area contributed by atoms with E-state index in [9.17, 15) is 9.59 Å². The summed E-state index contributed by atoms with van der Waals surface area (Å²) in [5, 5.41) is 11.1. The predicted molar refractivity (Wildman–Crippen MR) is 49.8 cm³/mol. The molecule has 7 heteroatoms. The highest BCUT2D eigenvalue weighted by Crippen LogP contribution is 2.24. The number of carboxylic acids is 1. The Hall–Kier alpha value is -2.18. The van der Waals surface area contributed by atoms with Crippen molar-refractivity contribution in [3.05, 3.63) is 12.0 Å². The number of rotatable bonds is 3. The van der Waals surface area contributed by atoms with Gasteiger partial charge in [0.15, 0.2) is 17.3 Å². The van der Waals surface area contributed by atoms with Crippen molar-refractivity contribution in [3.63, 3.8) is 0 Å². The molecule has 0 saturated carbocycles. The largest absolute Gasteiger partial charge is 0.491 e. The van der Waals surface area contributed by atoms with E-state index in [4.69, 9.17) is 9.84 Å². The van der Waals surface area contributed by atoms with Crippen LogP contribution in [0.25, 0.3) is 0 Å². The second-order valence-corrected chi connectivity index (χ2v) is 2.59. The van der Waals surface area contributed by atoms with Crippen LogP contribution in [-0.4, -0.2) is 34.1 Å². The number of nitrogens with one attached hydrogen (secondary N) is 1. The molecule has 0 aliphatic rings. The number of aromatic carboxylic acids is 1. The molecule has 1 amide bonds. The fourth-order valence-electron chi connectivity index (χ4n) is 0.975. The standard InChI is InChI=1S/C8H9N3O4/c1-4(12)11-7-6(15-2)5(8(13)14)9-3-10-7/h3H,1-2H3,(H,13,14)(H,9,10,11,12). The Kier molecular flexibility index (Phi) is 3.17. The molecule has 0 saturated heterocycles. The maximum absolute atomic E-state index is 10.8. The van der Waals surface area contributed by atoms with Crippen molar-refractivity contribution in [2.75, 3.05) is 12.4 Å². The number of anilines is 1. The van der Waals surface area contributed by atoms with E-state index in [2.05, 4.69) is 15.3 Å². The SMILES string of the molecule is COc1c(NC(C)=O)ncnc1C(=O)O. The van der Waals surface area contributed by atoms with Crippen LogP contribution >= 0.6 is 0 Å². The Morgan fingerprint density at radius 1 is 1.47 bits per heavy atom. The van der Waals surface area contributed by atoms with Gasteiger partial charge in [0.2, 0.25) is 5.91 Å². The van der Waals surface area contributed by atoms with Crippen molar-refractivity contribution in [1.82, 2.24) is 9.97 Å². The maximum Gasteiger partial charge on any atom is 0.358 e. The molecule has 1 rings (SSSR count). The molecule has 15 heavy (non-hydrogen) atoms. The van der Waals surface area contributed by atoms with E-state index in [1.165, 1.54) is 14.0 Å². The lowest BCUT2D eigenvalue weighted by Crippen LogP contribution is -2.12. The van der Waals surface area contributed by atoms with Crippen LogP contribution in [0.15, 0.2) is 6.33 Å². The summed E-state index contributed by atoms with van der Waals surface area (Å²) in [6, 6.07) is 0. The van der Waals surface area contributed by atoms with Gasteiger partial charge in [0.05, 0.1) is 7.11 Å². The predicted octanol–water partition coefficient (Wildman–Crippen LogP) is 0.142. The first kappa shape index (κ1) is 10.9. The quantitative estimate of drug-likeness (QED) is 0.737. The van der Waals surface area contributed by atoms with Gasteiger partial charge >= 0.3 is 5.97 Å². The summed E-state index contributed by atoms with van der Waals surface area (Å²) in [4.78, 5) is 28.8. The molecule has 0 spiro atoms. The number of carboxylic acid groups (broad SMARTS) is 1. The second kappa shape index (κ2) is 4.36. The molecule has 0 aromatic carbocycles. The third kappa shape index (κ3) is 2.39. The molecule has 1 aromatic heterocycles. The van der Waals surface area contributed by atoms with Gasteiger partial charge in [-0.25, -0.2) is 14.8 Å². The number of carbonyl (C=O) groups excluding carboxylic acids is 1. The van der Waals surface area contributed by atoms with Crippen molar-refractivity contribution in [3.8, 4) is 5.75 Å². The van der Waals surface area contributed by atoms with Crippen LogP contribution in [-0.2, 0) is 4.79 Å². The summed E-state index contributed by atoms with van der Waals surface area (Å²) in [6.07, 6.45) is 1.04. The molecule has 0 atom stereocenters. The minimum absolute atomic E-state index is 0.0393. The average molecular weight is 211 g/mol. The Labute approximate surface area is 85.1 Å². The zero-order valence-corrected chi connectivity index (χ0v) is 8.14. The first-order chi connectivity index (χ1) is 7.06. The van der Waals surface area contributed by atoms with Gasteiger partial charge in [-0.05, 0) is 0 Å². The van der Waals surface area contributed by atoms with Crippen LogP contribution < -0.4 is 10.1 Å². The minimum atomic E-state index is -1.25. The fraction of sp³-hybridized carbons (Fsp3) is 0.250. The molecule has 0 fully saturated rings. The lowest BCUT2D eigenvalue weighted by atomic mass is 10.3. The van der Waals surface area contributed by atoms with Gasteiger partial charge in [-0.2, -0.15) is 0 Å². The van der Waals surface area contributed by atoms with E-state index in [1.807, 2.05) is 0 Å². The van der Waals surface area contributed by atoms with Gasteiger partial charge in [-0.15, -0.1) is 0 Å². The van der Waals surface area contributed by atoms with Crippen LogP contribution in [0.3, 0.4) is 0 Å². The topological polar surface area (TPSA) is 101 Å². The normalized spacial score (nSPS) is 9.47. The zero-order chi connectivity index (χ0) is 11.4. The van der Waals surface area contributed by atoms with E-state index < -0.39 is 5.97 Å². The van der Waals surface area contributed by atoms with Crippen molar-refractivity contribution in [2.45, 2.75) is 6.92 Å².